The van der Waals surface area contributed by atoms with Crippen molar-refractivity contribution in [3.8, 4) is 11.5 Å². The number of rotatable bonds is 5. The lowest BCUT2D eigenvalue weighted by Crippen LogP contribution is -2.13. The minimum absolute atomic E-state index is 0.0572. The first-order valence-electron chi connectivity index (χ1n) is 7.09. The van der Waals surface area contributed by atoms with E-state index in [1.54, 1.807) is 43.3 Å². The number of hydrogen-bond acceptors (Lipinski definition) is 5. The third kappa shape index (κ3) is 3.83. The predicted molar refractivity (Wildman–Crippen MR) is 90.8 cm³/mol. The minimum atomic E-state index is -0.396. The van der Waals surface area contributed by atoms with Gasteiger partial charge in [0.2, 0.25) is 5.89 Å². The molecule has 0 bridgehead atoms. The van der Waals surface area contributed by atoms with Crippen LogP contribution in [0.15, 0.2) is 58.2 Å². The zero-order valence-electron chi connectivity index (χ0n) is 12.6. The largest absolute Gasteiger partial charge is 0.411 e. The fourth-order valence-corrected chi connectivity index (χ4v) is 2.91. The number of ketones is 1. The number of thioether (sulfide) groups is 1. The van der Waals surface area contributed by atoms with Crippen LogP contribution >= 0.6 is 23.4 Å². The molecule has 0 N–H and O–H groups in total. The number of aromatic nitrogens is 2. The summed E-state index contributed by atoms with van der Waals surface area (Å²) >= 11 is 7.00. The second-order valence-electron chi connectivity index (χ2n) is 5.01. The first-order chi connectivity index (χ1) is 11.5. The van der Waals surface area contributed by atoms with Crippen LogP contribution in [-0.4, -0.2) is 21.2 Å². The van der Waals surface area contributed by atoms with Crippen LogP contribution in [0.5, 0.6) is 0 Å². The normalized spacial score (nSPS) is 12.1. The average Bonchev–Trinajstić information content (AvgIpc) is 3.04. The third-order valence-electron chi connectivity index (χ3n) is 3.27. The molecule has 0 aliphatic heterocycles. The molecule has 0 aliphatic rings. The Hall–Kier alpha value is -2.18. The van der Waals surface area contributed by atoms with Gasteiger partial charge in [0.15, 0.2) is 5.78 Å². The van der Waals surface area contributed by atoms with Gasteiger partial charge in [-0.3, -0.25) is 4.79 Å². The van der Waals surface area contributed by atoms with Crippen LogP contribution in [0.25, 0.3) is 11.5 Å². The van der Waals surface area contributed by atoms with Crippen molar-refractivity contribution in [3.05, 3.63) is 64.9 Å². The van der Waals surface area contributed by atoms with E-state index in [9.17, 15) is 9.18 Å². The van der Waals surface area contributed by atoms with Crippen molar-refractivity contribution in [2.75, 3.05) is 0 Å². The number of halogens is 2. The van der Waals surface area contributed by atoms with Crippen LogP contribution < -0.4 is 0 Å². The summed E-state index contributed by atoms with van der Waals surface area (Å²) in [6.45, 7) is 1.77. The first-order valence-corrected chi connectivity index (χ1v) is 8.34. The average molecular weight is 363 g/mol. The van der Waals surface area contributed by atoms with Crippen LogP contribution in [0, 0.1) is 5.82 Å². The van der Waals surface area contributed by atoms with Crippen molar-refractivity contribution >= 4 is 29.1 Å². The highest BCUT2D eigenvalue weighted by Crippen LogP contribution is 2.28. The van der Waals surface area contributed by atoms with Gasteiger partial charge >= 0.3 is 0 Å². The molecule has 0 radical (unpaired) electrons. The van der Waals surface area contributed by atoms with Crippen molar-refractivity contribution in [3.63, 3.8) is 0 Å². The van der Waals surface area contributed by atoms with Crippen LogP contribution in [-0.2, 0) is 0 Å². The molecule has 0 fully saturated rings. The Morgan fingerprint density at radius 2 is 1.79 bits per heavy atom. The lowest BCUT2D eigenvalue weighted by molar-refractivity contribution is 0.0993. The highest BCUT2D eigenvalue weighted by molar-refractivity contribution is 8.00. The molecule has 1 atom stereocenters. The Labute approximate surface area is 147 Å². The molecular formula is C17H12ClFN2O2S. The summed E-state index contributed by atoms with van der Waals surface area (Å²) in [4.78, 5) is 12.4. The molecule has 0 saturated heterocycles. The van der Waals surface area contributed by atoms with Gasteiger partial charge in [-0.1, -0.05) is 23.4 Å². The van der Waals surface area contributed by atoms with Crippen molar-refractivity contribution in [2.24, 2.45) is 0 Å². The maximum Gasteiger partial charge on any atom is 0.277 e. The number of carbonyl (C=O) groups excluding carboxylic acids is 1. The minimum Gasteiger partial charge on any atom is -0.411 e. The maximum absolute atomic E-state index is 12.9. The fourth-order valence-electron chi connectivity index (χ4n) is 2.02. The Bertz CT molecular complexity index is 850. The van der Waals surface area contributed by atoms with Gasteiger partial charge in [0.05, 0.1) is 5.25 Å². The Kier molecular flexibility index (Phi) is 4.97. The van der Waals surface area contributed by atoms with Crippen LogP contribution in [0.2, 0.25) is 5.02 Å². The maximum atomic E-state index is 12.9. The van der Waals surface area contributed by atoms with Gasteiger partial charge in [-0.2, -0.15) is 0 Å². The molecule has 122 valence electrons. The molecule has 7 heteroatoms. The molecule has 2 aromatic carbocycles. The van der Waals surface area contributed by atoms with Gasteiger partial charge in [-0.15, -0.1) is 10.2 Å². The smallest absolute Gasteiger partial charge is 0.277 e. The Morgan fingerprint density at radius 3 is 2.46 bits per heavy atom. The lowest BCUT2D eigenvalue weighted by atomic mass is 10.1. The summed E-state index contributed by atoms with van der Waals surface area (Å²) in [7, 11) is 0. The van der Waals surface area contributed by atoms with E-state index in [4.69, 9.17) is 16.0 Å². The summed E-state index contributed by atoms with van der Waals surface area (Å²) in [6.07, 6.45) is 0. The van der Waals surface area contributed by atoms with E-state index in [0.29, 0.717) is 16.1 Å². The number of carbonyl (C=O) groups is 1. The second-order valence-corrected chi connectivity index (χ2v) is 6.74. The third-order valence-corrected chi connectivity index (χ3v) is 4.46. The number of nitrogens with zero attached hydrogens (tertiary/aromatic N) is 2. The molecule has 0 spiro atoms. The topological polar surface area (TPSA) is 56.0 Å². The van der Waals surface area contributed by atoms with E-state index in [2.05, 4.69) is 10.2 Å². The van der Waals surface area contributed by atoms with Gasteiger partial charge in [0, 0.05) is 16.1 Å². The monoisotopic (exact) mass is 362 g/mol. The number of benzene rings is 2. The SMILES string of the molecule is C[C@@H](Sc1nnc(-c2ccc(F)cc2)o1)C(=O)c1ccc(Cl)cc1. The molecule has 0 saturated carbocycles. The van der Waals surface area contributed by atoms with E-state index in [1.807, 2.05) is 0 Å². The summed E-state index contributed by atoms with van der Waals surface area (Å²) in [6, 6.07) is 12.5. The van der Waals surface area contributed by atoms with Gasteiger partial charge in [0.25, 0.3) is 5.22 Å². The highest BCUT2D eigenvalue weighted by Gasteiger charge is 2.20. The van der Waals surface area contributed by atoms with E-state index >= 15 is 0 Å². The van der Waals surface area contributed by atoms with E-state index in [0.717, 1.165) is 0 Å². The summed E-state index contributed by atoms with van der Waals surface area (Å²) < 4.78 is 18.5. The molecule has 1 heterocycles. The summed E-state index contributed by atoms with van der Waals surface area (Å²) in [5, 5.41) is 8.31. The van der Waals surface area contributed by atoms with E-state index in [1.165, 1.54) is 23.9 Å². The van der Waals surface area contributed by atoms with Crippen molar-refractivity contribution in [1.29, 1.82) is 0 Å². The van der Waals surface area contributed by atoms with Gasteiger partial charge in [-0.25, -0.2) is 4.39 Å². The van der Waals surface area contributed by atoms with Crippen molar-refractivity contribution < 1.29 is 13.6 Å². The Balaban J connectivity index is 1.70. The first kappa shape index (κ1) is 16.7. The van der Waals surface area contributed by atoms with E-state index < -0.39 is 5.25 Å². The van der Waals surface area contributed by atoms with Gasteiger partial charge < -0.3 is 4.42 Å². The van der Waals surface area contributed by atoms with Gasteiger partial charge in [0.1, 0.15) is 5.82 Å². The highest BCUT2D eigenvalue weighted by atomic mass is 35.5. The summed E-state index contributed by atoms with van der Waals surface area (Å²) in [5.41, 5.74) is 1.19. The molecule has 1 aromatic heterocycles. The molecular weight excluding hydrogens is 351 g/mol. The van der Waals surface area contributed by atoms with Crippen LogP contribution in [0.3, 0.4) is 0 Å². The van der Waals surface area contributed by atoms with E-state index in [-0.39, 0.29) is 22.7 Å². The summed E-state index contributed by atoms with van der Waals surface area (Å²) in [5.74, 6) is -0.114. The number of hydrogen-bond donors (Lipinski definition) is 0. The van der Waals surface area contributed by atoms with Crippen LogP contribution in [0.4, 0.5) is 4.39 Å². The molecule has 0 aliphatic carbocycles. The molecule has 3 aromatic rings. The second kappa shape index (κ2) is 7.15. The molecule has 24 heavy (non-hydrogen) atoms. The van der Waals surface area contributed by atoms with Crippen molar-refractivity contribution in [2.45, 2.75) is 17.4 Å². The predicted octanol–water partition coefficient (Wildman–Crippen LogP) is 4.89. The molecule has 4 nitrogen and oxygen atoms in total. The Morgan fingerprint density at radius 1 is 1.12 bits per heavy atom. The van der Waals surface area contributed by atoms with Crippen molar-refractivity contribution in [1.82, 2.24) is 10.2 Å². The zero-order valence-corrected chi connectivity index (χ0v) is 14.1. The molecule has 3 rings (SSSR count). The lowest BCUT2D eigenvalue weighted by Gasteiger charge is -2.07. The quantitative estimate of drug-likeness (QED) is 0.477. The zero-order chi connectivity index (χ0) is 17.1. The van der Waals surface area contributed by atoms with Gasteiger partial charge in [-0.05, 0) is 55.5 Å². The van der Waals surface area contributed by atoms with Crippen LogP contribution in [0.1, 0.15) is 17.3 Å². The standard InChI is InChI=1S/C17H12ClFN2O2S/c1-10(15(22)11-2-6-13(18)7-3-11)24-17-21-20-16(23-17)12-4-8-14(19)9-5-12/h2-10H,1H3/t10-/m1/s1. The number of Topliss-reactive ketones (excluding diaryl/α,β-unsaturated/α-hetero) is 1. The fraction of sp³-hybridized carbons (Fsp3) is 0.118. The molecule has 0 amide bonds. The molecule has 0 unspecified atom stereocenters.